The normalized spacial score (nSPS) is 55.0. The van der Waals surface area contributed by atoms with Crippen molar-refractivity contribution in [3.05, 3.63) is 0 Å². The van der Waals surface area contributed by atoms with Crippen molar-refractivity contribution in [2.24, 2.45) is 34.5 Å². The molecule has 20 heavy (non-hydrogen) atoms. The van der Waals surface area contributed by atoms with E-state index in [1.807, 2.05) is 0 Å². The Labute approximate surface area is 123 Å². The van der Waals surface area contributed by atoms with Crippen LogP contribution in [0.1, 0.15) is 78.1 Å². The van der Waals surface area contributed by atoms with Crippen molar-refractivity contribution in [1.29, 1.82) is 0 Å². The molecule has 0 saturated heterocycles. The number of hydrogen-bond donors (Lipinski definition) is 0. The Bertz CT molecular complexity index is 427. The standard InChI is InChI=1S/C19H30O/c1-18-10-3-4-16(18)15-8-6-13-5-7-14(20)12-19(13,2)17(15)9-11-18/h13,15-17H,3-12H2,1-2H3/t13?,15-,16-,17+,18-,19-/m0/s1. The fourth-order valence-corrected chi connectivity index (χ4v) is 7.13. The molecule has 4 rings (SSSR count). The lowest BCUT2D eigenvalue weighted by atomic mass is 9.45. The molecule has 0 amide bonds. The van der Waals surface area contributed by atoms with Gasteiger partial charge in [-0.15, -0.1) is 0 Å². The summed E-state index contributed by atoms with van der Waals surface area (Å²) in [6.07, 6.45) is 13.1. The predicted octanol–water partition coefficient (Wildman–Crippen LogP) is 4.99. The molecule has 4 fully saturated rings. The van der Waals surface area contributed by atoms with Crippen LogP contribution in [0.2, 0.25) is 0 Å². The van der Waals surface area contributed by atoms with Gasteiger partial charge in [0.15, 0.2) is 0 Å². The molecule has 0 aromatic rings. The Hall–Kier alpha value is -0.330. The van der Waals surface area contributed by atoms with Crippen molar-refractivity contribution in [1.82, 2.24) is 0 Å². The zero-order chi connectivity index (χ0) is 14.0. The van der Waals surface area contributed by atoms with Gasteiger partial charge in [-0.2, -0.15) is 0 Å². The number of hydrogen-bond acceptors (Lipinski definition) is 1. The van der Waals surface area contributed by atoms with E-state index in [1.165, 1.54) is 51.4 Å². The van der Waals surface area contributed by atoms with Crippen molar-refractivity contribution in [3.63, 3.8) is 0 Å². The van der Waals surface area contributed by atoms with Gasteiger partial charge in [0.1, 0.15) is 5.78 Å². The molecule has 1 nitrogen and oxygen atoms in total. The number of fused-ring (bicyclic) bond motifs is 5. The average Bonchev–Trinajstić information content (AvgIpc) is 2.79. The van der Waals surface area contributed by atoms with Crippen LogP contribution in [0, 0.1) is 34.5 Å². The quantitative estimate of drug-likeness (QED) is 0.608. The van der Waals surface area contributed by atoms with Crippen LogP contribution in [0.15, 0.2) is 0 Å². The third-order valence-corrected chi connectivity index (χ3v) is 8.20. The van der Waals surface area contributed by atoms with Gasteiger partial charge in [0.25, 0.3) is 0 Å². The fraction of sp³-hybridized carbons (Fsp3) is 0.947. The van der Waals surface area contributed by atoms with E-state index in [2.05, 4.69) is 13.8 Å². The van der Waals surface area contributed by atoms with Gasteiger partial charge >= 0.3 is 0 Å². The lowest BCUT2D eigenvalue weighted by Gasteiger charge is -2.59. The number of Topliss-reactive ketones (excluding diaryl/α,β-unsaturated/α-hetero) is 1. The first-order valence-corrected chi connectivity index (χ1v) is 9.05. The number of carbonyl (C=O) groups excluding carboxylic acids is 1. The molecule has 4 aliphatic rings. The maximum absolute atomic E-state index is 12.1. The van der Waals surface area contributed by atoms with Crippen LogP contribution in [-0.4, -0.2) is 5.78 Å². The largest absolute Gasteiger partial charge is 0.300 e. The zero-order valence-electron chi connectivity index (χ0n) is 13.3. The number of rotatable bonds is 0. The van der Waals surface area contributed by atoms with E-state index < -0.39 is 0 Å². The molecule has 0 aromatic carbocycles. The van der Waals surface area contributed by atoms with Gasteiger partial charge < -0.3 is 0 Å². The summed E-state index contributed by atoms with van der Waals surface area (Å²) in [6.45, 7) is 5.06. The number of ketones is 1. The maximum atomic E-state index is 12.1. The molecular formula is C19H30O. The fourth-order valence-electron chi connectivity index (χ4n) is 7.13. The summed E-state index contributed by atoms with van der Waals surface area (Å²) >= 11 is 0. The topological polar surface area (TPSA) is 17.1 Å². The minimum atomic E-state index is 0.363. The van der Waals surface area contributed by atoms with Crippen molar-refractivity contribution in [3.8, 4) is 0 Å². The summed E-state index contributed by atoms with van der Waals surface area (Å²) in [5.74, 6) is 4.21. The summed E-state index contributed by atoms with van der Waals surface area (Å²) in [7, 11) is 0. The first kappa shape index (κ1) is 13.3. The molecule has 0 radical (unpaired) electrons. The van der Waals surface area contributed by atoms with E-state index in [4.69, 9.17) is 0 Å². The molecule has 112 valence electrons. The minimum Gasteiger partial charge on any atom is -0.300 e. The maximum Gasteiger partial charge on any atom is 0.133 e. The van der Waals surface area contributed by atoms with Gasteiger partial charge in [0.2, 0.25) is 0 Å². The summed E-state index contributed by atoms with van der Waals surface area (Å²) in [5, 5.41) is 0. The highest BCUT2D eigenvalue weighted by Crippen LogP contribution is 2.65. The van der Waals surface area contributed by atoms with E-state index >= 15 is 0 Å². The van der Waals surface area contributed by atoms with E-state index in [9.17, 15) is 4.79 Å². The molecule has 0 N–H and O–H groups in total. The van der Waals surface area contributed by atoms with Crippen LogP contribution in [0.5, 0.6) is 0 Å². The minimum absolute atomic E-state index is 0.363. The molecule has 4 saturated carbocycles. The highest BCUT2D eigenvalue weighted by atomic mass is 16.1. The monoisotopic (exact) mass is 274 g/mol. The van der Waals surface area contributed by atoms with Crippen LogP contribution < -0.4 is 0 Å². The van der Waals surface area contributed by atoms with Crippen LogP contribution in [0.25, 0.3) is 0 Å². The molecule has 0 aromatic heterocycles. The first-order chi connectivity index (χ1) is 9.53. The Morgan fingerprint density at radius 3 is 2.65 bits per heavy atom. The Morgan fingerprint density at radius 2 is 1.80 bits per heavy atom. The molecule has 1 unspecified atom stereocenters. The Balaban J connectivity index is 1.66. The van der Waals surface area contributed by atoms with E-state index in [0.717, 1.165) is 36.5 Å². The van der Waals surface area contributed by atoms with Crippen LogP contribution in [0.4, 0.5) is 0 Å². The van der Waals surface area contributed by atoms with Crippen molar-refractivity contribution < 1.29 is 4.79 Å². The first-order valence-electron chi connectivity index (χ1n) is 9.05. The van der Waals surface area contributed by atoms with E-state index in [-0.39, 0.29) is 0 Å². The third kappa shape index (κ3) is 1.70. The second-order valence-electron chi connectivity index (χ2n) is 9.00. The predicted molar refractivity (Wildman–Crippen MR) is 81.4 cm³/mol. The molecule has 4 aliphatic carbocycles. The Morgan fingerprint density at radius 1 is 0.950 bits per heavy atom. The van der Waals surface area contributed by atoms with Crippen molar-refractivity contribution in [2.45, 2.75) is 78.1 Å². The highest BCUT2D eigenvalue weighted by molar-refractivity contribution is 5.80. The smallest absolute Gasteiger partial charge is 0.133 e. The lowest BCUT2D eigenvalue weighted by Crippen LogP contribution is -2.53. The zero-order valence-corrected chi connectivity index (χ0v) is 13.3. The van der Waals surface area contributed by atoms with Crippen LogP contribution in [0.3, 0.4) is 0 Å². The molecule has 0 aliphatic heterocycles. The molecule has 6 atom stereocenters. The second kappa shape index (κ2) is 4.34. The van der Waals surface area contributed by atoms with Crippen molar-refractivity contribution in [2.75, 3.05) is 0 Å². The van der Waals surface area contributed by atoms with Crippen LogP contribution >= 0.6 is 0 Å². The Kier molecular flexibility index (Phi) is 2.89. The SMILES string of the molecule is C[C@@]12CCC[C@H]1[C@@H]1CCC3CCC(=O)C[C@]3(C)[C@@H]1CC2. The van der Waals surface area contributed by atoms with Gasteiger partial charge in [0, 0.05) is 12.8 Å². The molecule has 0 spiro atoms. The van der Waals surface area contributed by atoms with Gasteiger partial charge in [-0.1, -0.05) is 20.3 Å². The second-order valence-corrected chi connectivity index (χ2v) is 9.00. The van der Waals surface area contributed by atoms with Gasteiger partial charge in [-0.25, -0.2) is 0 Å². The summed E-state index contributed by atoms with van der Waals surface area (Å²) < 4.78 is 0. The van der Waals surface area contributed by atoms with Gasteiger partial charge in [0.05, 0.1) is 0 Å². The van der Waals surface area contributed by atoms with Gasteiger partial charge in [-0.05, 0) is 79.4 Å². The van der Waals surface area contributed by atoms with E-state index in [0.29, 0.717) is 16.6 Å². The lowest BCUT2D eigenvalue weighted by molar-refractivity contribution is -0.139. The summed E-state index contributed by atoms with van der Waals surface area (Å²) in [5.41, 5.74) is 1.02. The molecule has 0 bridgehead atoms. The molecular weight excluding hydrogens is 244 g/mol. The van der Waals surface area contributed by atoms with Gasteiger partial charge in [-0.3, -0.25) is 4.79 Å². The highest BCUT2D eigenvalue weighted by Gasteiger charge is 2.57. The van der Waals surface area contributed by atoms with Crippen LogP contribution in [-0.2, 0) is 4.79 Å². The molecule has 0 heterocycles. The summed E-state index contributed by atoms with van der Waals surface area (Å²) in [4.78, 5) is 12.1. The summed E-state index contributed by atoms with van der Waals surface area (Å²) in [6, 6.07) is 0. The third-order valence-electron chi connectivity index (χ3n) is 8.20. The van der Waals surface area contributed by atoms with E-state index in [1.54, 1.807) is 0 Å². The average molecular weight is 274 g/mol. The van der Waals surface area contributed by atoms with Crippen molar-refractivity contribution >= 4 is 5.78 Å². The number of carbonyl (C=O) groups is 1. The molecule has 1 heteroatoms.